The third kappa shape index (κ3) is 5.83. The lowest BCUT2D eigenvalue weighted by atomic mass is 9.76. The van der Waals surface area contributed by atoms with E-state index in [9.17, 15) is 23.4 Å². The SMILES string of the molecule is CC(C)(C)c1ccc2nc(CCC3CC(N(C[C@H]4OC[C@](O)(n5ccc6c(N)ncnc65)[C@@H]4O)CC(F)(F)F)C3)[nH]c2c1. The summed E-state index contributed by atoms with van der Waals surface area (Å²) in [6.07, 6.45) is -1.44. The van der Waals surface area contributed by atoms with Crippen LogP contribution < -0.4 is 5.73 Å². The Kier molecular flexibility index (Phi) is 7.43. The van der Waals surface area contributed by atoms with Gasteiger partial charge in [0, 0.05) is 25.2 Å². The molecule has 1 saturated heterocycles. The molecule has 3 atom stereocenters. The van der Waals surface area contributed by atoms with Crippen molar-refractivity contribution >= 4 is 27.9 Å². The van der Waals surface area contributed by atoms with E-state index in [0.717, 1.165) is 23.3 Å². The van der Waals surface area contributed by atoms with E-state index in [4.69, 9.17) is 15.5 Å². The number of nitrogen functional groups attached to an aromatic ring is 1. The predicted molar refractivity (Wildman–Crippen MR) is 155 cm³/mol. The lowest BCUT2D eigenvalue weighted by molar-refractivity contribution is -0.163. The summed E-state index contributed by atoms with van der Waals surface area (Å²) >= 11 is 0. The second-order valence-electron chi connectivity index (χ2n) is 13.1. The fourth-order valence-corrected chi connectivity index (χ4v) is 6.38. The average molecular weight is 602 g/mol. The van der Waals surface area contributed by atoms with Crippen LogP contribution >= 0.6 is 0 Å². The van der Waals surface area contributed by atoms with Crippen molar-refractivity contribution in [2.45, 2.75) is 82.0 Å². The first-order valence-corrected chi connectivity index (χ1v) is 14.6. The van der Waals surface area contributed by atoms with Gasteiger partial charge in [-0.15, -0.1) is 0 Å². The average Bonchev–Trinajstić information content (AvgIpc) is 3.59. The van der Waals surface area contributed by atoms with Gasteiger partial charge in [-0.05, 0) is 54.4 Å². The van der Waals surface area contributed by atoms with Gasteiger partial charge in [0.05, 0.1) is 29.6 Å². The normalized spacial score (nSPS) is 26.5. The number of rotatable bonds is 8. The molecule has 6 rings (SSSR count). The monoisotopic (exact) mass is 601 g/mol. The fraction of sp³-hybridized carbons (Fsp3) is 0.567. The molecular weight excluding hydrogens is 563 g/mol. The zero-order chi connectivity index (χ0) is 30.7. The summed E-state index contributed by atoms with van der Waals surface area (Å²) in [6.45, 7) is 4.89. The van der Waals surface area contributed by atoms with Crippen LogP contribution in [0.5, 0.6) is 0 Å². The highest BCUT2D eigenvalue weighted by atomic mass is 19.4. The molecule has 4 aromatic rings. The number of ether oxygens (including phenoxy) is 1. The number of aliphatic hydroxyl groups is 2. The van der Waals surface area contributed by atoms with E-state index >= 15 is 0 Å². The molecule has 0 spiro atoms. The third-order valence-corrected chi connectivity index (χ3v) is 8.98. The van der Waals surface area contributed by atoms with Crippen molar-refractivity contribution in [2.24, 2.45) is 5.92 Å². The number of aromatic amines is 1. The Hall–Kier alpha value is -3.26. The van der Waals surface area contributed by atoms with E-state index in [-0.39, 0.29) is 36.3 Å². The molecule has 1 aliphatic carbocycles. The Bertz CT molecular complexity index is 1610. The van der Waals surface area contributed by atoms with Gasteiger partial charge in [-0.3, -0.25) is 9.47 Å². The number of benzene rings is 1. The summed E-state index contributed by atoms with van der Waals surface area (Å²) in [6, 6.07) is 7.55. The zero-order valence-corrected chi connectivity index (χ0v) is 24.5. The molecule has 1 aliphatic heterocycles. The largest absolute Gasteiger partial charge is 0.401 e. The van der Waals surface area contributed by atoms with E-state index in [2.05, 4.69) is 47.9 Å². The molecule has 4 heterocycles. The van der Waals surface area contributed by atoms with Crippen molar-refractivity contribution in [3.05, 3.63) is 48.2 Å². The summed E-state index contributed by atoms with van der Waals surface area (Å²) in [5.41, 5.74) is 7.42. The number of fused-ring (bicyclic) bond motifs is 2. The molecule has 13 heteroatoms. The van der Waals surface area contributed by atoms with E-state index in [1.165, 1.54) is 27.6 Å². The smallest absolute Gasteiger partial charge is 0.385 e. The number of nitrogens with one attached hydrogen (secondary N) is 1. The molecule has 43 heavy (non-hydrogen) atoms. The van der Waals surface area contributed by atoms with Crippen LogP contribution in [0.3, 0.4) is 0 Å². The number of anilines is 1. The van der Waals surface area contributed by atoms with Gasteiger partial charge in [-0.1, -0.05) is 26.8 Å². The minimum Gasteiger partial charge on any atom is -0.385 e. The summed E-state index contributed by atoms with van der Waals surface area (Å²) in [4.78, 5) is 17.5. The highest BCUT2D eigenvalue weighted by molar-refractivity contribution is 5.86. The number of halogens is 3. The van der Waals surface area contributed by atoms with Gasteiger partial charge in [0.15, 0.2) is 5.72 Å². The molecule has 232 valence electrons. The first kappa shape index (κ1) is 29.8. The lowest BCUT2D eigenvalue weighted by Gasteiger charge is -2.44. The van der Waals surface area contributed by atoms with Gasteiger partial charge in [-0.2, -0.15) is 13.2 Å². The standard InChI is InChI=1S/C30H38F3N7O3/c1-28(2,3)18-5-6-21-22(12-18)38-24(37-21)7-4-17-10-19(11-17)39(14-30(31,32)33)13-23-25(41)29(42,15-43-23)40-9-8-20-26(34)35-16-36-27(20)40/h5-6,8-9,12,16-17,19,23,25,41-42H,4,7,10-11,13-15H2,1-3H3,(H,37,38)(H2,34,35,36)/t17?,19?,23-,25-,29-/m1/s1. The molecule has 3 aromatic heterocycles. The zero-order valence-electron chi connectivity index (χ0n) is 24.5. The topological polar surface area (TPSA) is 138 Å². The second kappa shape index (κ2) is 10.7. The van der Waals surface area contributed by atoms with E-state index in [1.807, 2.05) is 6.07 Å². The maximum absolute atomic E-state index is 13.6. The predicted octanol–water partition coefficient (Wildman–Crippen LogP) is 3.87. The minimum atomic E-state index is -4.42. The molecular formula is C30H38F3N7O3. The maximum Gasteiger partial charge on any atom is 0.401 e. The third-order valence-electron chi connectivity index (χ3n) is 8.98. The van der Waals surface area contributed by atoms with Gasteiger partial charge >= 0.3 is 6.18 Å². The Morgan fingerprint density at radius 2 is 1.95 bits per heavy atom. The van der Waals surface area contributed by atoms with Crippen LogP contribution in [-0.2, 0) is 22.3 Å². The number of nitrogens with zero attached hydrogens (tertiary/aromatic N) is 5. The fourth-order valence-electron chi connectivity index (χ4n) is 6.38. The van der Waals surface area contributed by atoms with Crippen LogP contribution in [0.1, 0.15) is 51.4 Å². The Morgan fingerprint density at radius 1 is 1.19 bits per heavy atom. The van der Waals surface area contributed by atoms with Gasteiger partial charge in [0.2, 0.25) is 0 Å². The number of imidazole rings is 1. The molecule has 0 bridgehead atoms. The lowest BCUT2D eigenvalue weighted by Crippen LogP contribution is -2.54. The first-order valence-electron chi connectivity index (χ1n) is 14.6. The number of hydrogen-bond donors (Lipinski definition) is 4. The number of aryl methyl sites for hydroxylation is 1. The molecule has 1 saturated carbocycles. The minimum absolute atomic E-state index is 0.0288. The van der Waals surface area contributed by atoms with Crippen molar-refractivity contribution in [3.63, 3.8) is 0 Å². The van der Waals surface area contributed by atoms with Crippen molar-refractivity contribution in [2.75, 3.05) is 25.4 Å². The highest BCUT2D eigenvalue weighted by Crippen LogP contribution is 2.39. The quantitative estimate of drug-likeness (QED) is 0.239. The number of nitrogens with two attached hydrogens (primary N) is 1. The van der Waals surface area contributed by atoms with Crippen molar-refractivity contribution in [1.29, 1.82) is 0 Å². The van der Waals surface area contributed by atoms with E-state index < -0.39 is 30.7 Å². The molecule has 10 nitrogen and oxygen atoms in total. The number of aromatic nitrogens is 5. The molecule has 0 amide bonds. The van der Waals surface area contributed by atoms with Crippen LogP contribution in [0.25, 0.3) is 22.1 Å². The van der Waals surface area contributed by atoms with Crippen LogP contribution in [0.15, 0.2) is 36.8 Å². The van der Waals surface area contributed by atoms with Crippen LogP contribution in [0.2, 0.25) is 0 Å². The number of H-pyrrole nitrogens is 1. The number of alkyl halides is 3. The summed E-state index contributed by atoms with van der Waals surface area (Å²) < 4.78 is 47.9. The van der Waals surface area contributed by atoms with Crippen LogP contribution in [-0.4, -0.2) is 83.7 Å². The van der Waals surface area contributed by atoms with E-state index in [0.29, 0.717) is 30.3 Å². The van der Waals surface area contributed by atoms with Crippen molar-refractivity contribution in [3.8, 4) is 0 Å². The van der Waals surface area contributed by atoms with Gasteiger partial charge in [-0.25, -0.2) is 15.0 Å². The molecule has 1 aromatic carbocycles. The van der Waals surface area contributed by atoms with E-state index in [1.54, 1.807) is 6.07 Å². The summed E-state index contributed by atoms with van der Waals surface area (Å²) in [5.74, 6) is 1.35. The molecule has 0 radical (unpaired) electrons. The molecule has 5 N–H and O–H groups in total. The maximum atomic E-state index is 13.6. The van der Waals surface area contributed by atoms with Crippen LogP contribution in [0, 0.1) is 5.92 Å². The Balaban J connectivity index is 1.09. The molecule has 0 unspecified atom stereocenters. The molecule has 2 fully saturated rings. The van der Waals surface area contributed by atoms with Gasteiger partial charge < -0.3 is 25.7 Å². The summed E-state index contributed by atoms with van der Waals surface area (Å²) in [5, 5.41) is 23.0. The van der Waals surface area contributed by atoms with Crippen molar-refractivity contribution < 1.29 is 28.1 Å². The Labute approximate surface area is 247 Å². The van der Waals surface area contributed by atoms with Gasteiger partial charge in [0.25, 0.3) is 0 Å². The molecule has 2 aliphatic rings. The first-order chi connectivity index (χ1) is 20.2. The van der Waals surface area contributed by atoms with Crippen molar-refractivity contribution in [1.82, 2.24) is 29.4 Å². The van der Waals surface area contributed by atoms with Gasteiger partial charge in [0.1, 0.15) is 35.8 Å². The number of hydrogen-bond acceptors (Lipinski definition) is 8. The second-order valence-corrected chi connectivity index (χ2v) is 13.1. The number of aliphatic hydroxyl groups excluding tert-OH is 1. The Morgan fingerprint density at radius 3 is 2.67 bits per heavy atom. The highest BCUT2D eigenvalue weighted by Gasteiger charge is 2.52. The summed E-state index contributed by atoms with van der Waals surface area (Å²) in [7, 11) is 0. The van der Waals surface area contributed by atoms with Crippen LogP contribution in [0.4, 0.5) is 19.0 Å².